The summed E-state index contributed by atoms with van der Waals surface area (Å²) in [5.74, 6) is 0.132. The minimum atomic E-state index is 0.132. The summed E-state index contributed by atoms with van der Waals surface area (Å²) >= 11 is 0. The molecule has 1 aromatic carbocycles. The molecule has 1 amide bonds. The molecule has 0 bridgehead atoms. The Labute approximate surface area is 119 Å². The van der Waals surface area contributed by atoms with Gasteiger partial charge in [-0.2, -0.15) is 0 Å². The smallest absolute Gasteiger partial charge is 0.254 e. The van der Waals surface area contributed by atoms with Crippen molar-refractivity contribution >= 4 is 5.91 Å². The average Bonchev–Trinajstić information content (AvgIpc) is 2.56. The van der Waals surface area contributed by atoms with Crippen LogP contribution in [0.5, 0.6) is 0 Å². The molecule has 3 rings (SSSR count). The van der Waals surface area contributed by atoms with Gasteiger partial charge in [-0.05, 0) is 49.1 Å². The summed E-state index contributed by atoms with van der Waals surface area (Å²) in [5, 5.41) is 0. The fraction of sp³-hybridized carbons (Fsp3) is 0.294. The van der Waals surface area contributed by atoms with Gasteiger partial charge in [-0.3, -0.25) is 9.78 Å². The molecule has 3 nitrogen and oxygen atoms in total. The van der Waals surface area contributed by atoms with Crippen molar-refractivity contribution in [2.45, 2.75) is 25.3 Å². The van der Waals surface area contributed by atoms with E-state index in [0.29, 0.717) is 0 Å². The molecule has 0 saturated carbocycles. The Morgan fingerprint density at radius 2 is 1.80 bits per heavy atom. The van der Waals surface area contributed by atoms with Crippen molar-refractivity contribution in [1.82, 2.24) is 9.88 Å². The van der Waals surface area contributed by atoms with Crippen molar-refractivity contribution in [2.75, 3.05) is 6.54 Å². The first-order valence-electron chi connectivity index (χ1n) is 7.12. The highest BCUT2D eigenvalue weighted by Gasteiger charge is 2.28. The quantitative estimate of drug-likeness (QED) is 0.834. The van der Waals surface area contributed by atoms with Crippen LogP contribution in [0.4, 0.5) is 0 Å². The fourth-order valence-electron chi connectivity index (χ4n) is 2.85. The molecule has 2 heterocycles. The van der Waals surface area contributed by atoms with Crippen LogP contribution in [-0.4, -0.2) is 22.3 Å². The van der Waals surface area contributed by atoms with E-state index in [4.69, 9.17) is 0 Å². The van der Waals surface area contributed by atoms with Gasteiger partial charge in [0.2, 0.25) is 0 Å². The molecule has 0 N–H and O–H groups in total. The van der Waals surface area contributed by atoms with Crippen LogP contribution in [0.2, 0.25) is 0 Å². The molecule has 1 atom stereocenters. The van der Waals surface area contributed by atoms with Crippen molar-refractivity contribution in [1.29, 1.82) is 0 Å². The van der Waals surface area contributed by atoms with Gasteiger partial charge in [0.05, 0.1) is 6.04 Å². The largest absolute Gasteiger partial charge is 0.332 e. The molecule has 3 heteroatoms. The number of likely N-dealkylation sites (tertiary alicyclic amines) is 1. The number of aromatic nitrogens is 1. The maximum Gasteiger partial charge on any atom is 0.254 e. The number of benzene rings is 1. The summed E-state index contributed by atoms with van der Waals surface area (Å²) in [6.07, 6.45) is 6.89. The lowest BCUT2D eigenvalue weighted by atomic mass is 9.95. The van der Waals surface area contributed by atoms with Crippen LogP contribution < -0.4 is 0 Å². The lowest BCUT2D eigenvalue weighted by Crippen LogP contribution is -2.38. The third kappa shape index (κ3) is 2.57. The van der Waals surface area contributed by atoms with Crippen LogP contribution in [0.25, 0.3) is 0 Å². The zero-order valence-corrected chi connectivity index (χ0v) is 11.4. The van der Waals surface area contributed by atoms with Gasteiger partial charge in [0.1, 0.15) is 0 Å². The molecule has 1 fully saturated rings. The molecule has 20 heavy (non-hydrogen) atoms. The van der Waals surface area contributed by atoms with Crippen molar-refractivity contribution < 1.29 is 4.79 Å². The summed E-state index contributed by atoms with van der Waals surface area (Å²) < 4.78 is 0. The Morgan fingerprint density at radius 1 is 1.05 bits per heavy atom. The second kappa shape index (κ2) is 5.87. The first kappa shape index (κ1) is 12.9. The zero-order valence-electron chi connectivity index (χ0n) is 11.4. The van der Waals surface area contributed by atoms with Gasteiger partial charge in [0, 0.05) is 24.5 Å². The van der Waals surface area contributed by atoms with Crippen LogP contribution in [0, 0.1) is 0 Å². The van der Waals surface area contributed by atoms with Crippen LogP contribution in [0.15, 0.2) is 54.9 Å². The van der Waals surface area contributed by atoms with E-state index >= 15 is 0 Å². The lowest BCUT2D eigenvalue weighted by Gasteiger charge is -2.36. The fourth-order valence-corrected chi connectivity index (χ4v) is 2.85. The van der Waals surface area contributed by atoms with Crippen molar-refractivity contribution in [2.24, 2.45) is 0 Å². The number of piperidine rings is 1. The molecular formula is C17H18N2O. The molecule has 0 spiro atoms. The van der Waals surface area contributed by atoms with Crippen molar-refractivity contribution in [3.05, 3.63) is 66.0 Å². The van der Waals surface area contributed by atoms with E-state index in [2.05, 4.69) is 4.98 Å². The topological polar surface area (TPSA) is 33.2 Å². The van der Waals surface area contributed by atoms with Gasteiger partial charge in [-0.1, -0.05) is 18.2 Å². The van der Waals surface area contributed by atoms with Crippen LogP contribution >= 0.6 is 0 Å². The van der Waals surface area contributed by atoms with E-state index in [1.165, 1.54) is 12.0 Å². The van der Waals surface area contributed by atoms with E-state index < -0.39 is 0 Å². The Morgan fingerprint density at radius 3 is 2.55 bits per heavy atom. The Kier molecular flexibility index (Phi) is 3.77. The molecule has 102 valence electrons. The number of pyridine rings is 1. The minimum absolute atomic E-state index is 0.132. The summed E-state index contributed by atoms with van der Waals surface area (Å²) in [5.41, 5.74) is 1.96. The third-order valence-electron chi connectivity index (χ3n) is 3.88. The van der Waals surface area contributed by atoms with Gasteiger partial charge in [-0.25, -0.2) is 0 Å². The first-order valence-corrected chi connectivity index (χ1v) is 7.12. The van der Waals surface area contributed by atoms with Crippen molar-refractivity contribution in [3.63, 3.8) is 0 Å². The van der Waals surface area contributed by atoms with E-state index in [1.54, 1.807) is 12.4 Å². The van der Waals surface area contributed by atoms with E-state index in [1.807, 2.05) is 47.4 Å². The van der Waals surface area contributed by atoms with Gasteiger partial charge in [0.25, 0.3) is 5.91 Å². The Hall–Kier alpha value is -2.16. The average molecular weight is 266 g/mol. The van der Waals surface area contributed by atoms with Gasteiger partial charge >= 0.3 is 0 Å². The maximum atomic E-state index is 12.7. The molecule has 2 aromatic rings. The van der Waals surface area contributed by atoms with Crippen molar-refractivity contribution in [3.8, 4) is 0 Å². The van der Waals surface area contributed by atoms with Crippen LogP contribution in [-0.2, 0) is 0 Å². The van der Waals surface area contributed by atoms with E-state index in [9.17, 15) is 4.79 Å². The molecule has 1 saturated heterocycles. The zero-order chi connectivity index (χ0) is 13.8. The summed E-state index contributed by atoms with van der Waals surface area (Å²) in [7, 11) is 0. The maximum absolute atomic E-state index is 12.7. The molecule has 1 aromatic heterocycles. The lowest BCUT2D eigenvalue weighted by molar-refractivity contribution is 0.0611. The summed E-state index contributed by atoms with van der Waals surface area (Å²) in [6, 6.07) is 13.8. The predicted molar refractivity (Wildman–Crippen MR) is 78.3 cm³/mol. The number of amides is 1. The number of nitrogens with zero attached hydrogens (tertiary/aromatic N) is 2. The molecule has 1 unspecified atom stereocenters. The summed E-state index contributed by atoms with van der Waals surface area (Å²) in [6.45, 7) is 0.834. The Bertz CT molecular complexity index is 568. The number of hydrogen-bond donors (Lipinski definition) is 0. The highest BCUT2D eigenvalue weighted by atomic mass is 16.2. The predicted octanol–water partition coefficient (Wildman–Crippen LogP) is 3.45. The number of carbonyl (C=O) groups is 1. The first-order chi connectivity index (χ1) is 9.86. The highest BCUT2D eigenvalue weighted by Crippen LogP contribution is 2.31. The molecule has 0 aliphatic carbocycles. The molecule has 1 aliphatic heterocycles. The molecular weight excluding hydrogens is 248 g/mol. The van der Waals surface area contributed by atoms with Crippen LogP contribution in [0.1, 0.15) is 41.2 Å². The van der Waals surface area contributed by atoms with E-state index in [0.717, 1.165) is 24.9 Å². The summed E-state index contributed by atoms with van der Waals surface area (Å²) in [4.78, 5) is 18.8. The highest BCUT2D eigenvalue weighted by molar-refractivity contribution is 5.94. The number of carbonyl (C=O) groups excluding carboxylic acids is 1. The number of rotatable bonds is 2. The second-order valence-corrected chi connectivity index (χ2v) is 5.16. The van der Waals surface area contributed by atoms with Gasteiger partial charge in [-0.15, -0.1) is 0 Å². The SMILES string of the molecule is O=C(c1ccccc1)N1CCCCC1c1ccncc1. The normalized spacial score (nSPS) is 18.8. The molecule has 0 radical (unpaired) electrons. The standard InChI is InChI=1S/C17H18N2O/c20-17(15-6-2-1-3-7-15)19-13-5-4-8-16(19)14-9-11-18-12-10-14/h1-3,6-7,9-12,16H,4-5,8,13H2. The van der Waals surface area contributed by atoms with Gasteiger partial charge < -0.3 is 4.90 Å². The van der Waals surface area contributed by atoms with Gasteiger partial charge in [0.15, 0.2) is 0 Å². The van der Waals surface area contributed by atoms with E-state index in [-0.39, 0.29) is 11.9 Å². The monoisotopic (exact) mass is 266 g/mol. The van der Waals surface area contributed by atoms with Crippen LogP contribution in [0.3, 0.4) is 0 Å². The Balaban J connectivity index is 1.88. The molecule has 1 aliphatic rings. The number of hydrogen-bond acceptors (Lipinski definition) is 2. The second-order valence-electron chi connectivity index (χ2n) is 5.16. The third-order valence-corrected chi connectivity index (χ3v) is 3.88. The minimum Gasteiger partial charge on any atom is -0.332 e.